The minimum absolute atomic E-state index is 0.257. The molecule has 0 atom stereocenters. The number of benzene rings is 4. The summed E-state index contributed by atoms with van der Waals surface area (Å²) >= 11 is 0. The number of hydrogen-bond donors (Lipinski definition) is 1. The van der Waals surface area contributed by atoms with Gasteiger partial charge in [-0.1, -0.05) is 102 Å². The van der Waals surface area contributed by atoms with Crippen molar-refractivity contribution in [1.29, 1.82) is 0 Å². The van der Waals surface area contributed by atoms with E-state index in [1.54, 1.807) is 10.4 Å². The van der Waals surface area contributed by atoms with Crippen LogP contribution in [0.3, 0.4) is 0 Å². The van der Waals surface area contributed by atoms with Crippen LogP contribution in [0.5, 0.6) is 0 Å². The quantitative estimate of drug-likeness (QED) is 0.362. The number of hydrogen-bond acceptors (Lipinski definition) is 1. The Kier molecular flexibility index (Phi) is 4.67. The van der Waals surface area contributed by atoms with Crippen LogP contribution < -0.4 is 10.4 Å². The van der Waals surface area contributed by atoms with Gasteiger partial charge in [-0.05, 0) is 69.8 Å². The van der Waals surface area contributed by atoms with Gasteiger partial charge in [-0.2, -0.15) is 0 Å². The molecule has 0 bridgehead atoms. The van der Waals surface area contributed by atoms with Crippen LogP contribution >= 0.6 is 0 Å². The predicted octanol–water partition coefficient (Wildman–Crippen LogP) is 5.40. The molecule has 0 radical (unpaired) electrons. The maximum atomic E-state index is 9.82. The molecule has 0 amide bonds. The number of rotatable bonds is 5. The molecule has 1 N–H and O–H groups in total. The lowest BCUT2D eigenvalue weighted by atomic mass is 10.1. The first-order valence-electron chi connectivity index (χ1n) is 11.7. The van der Waals surface area contributed by atoms with Crippen LogP contribution in [0, 0.1) is 0 Å². The maximum absolute atomic E-state index is 9.82. The number of aliphatic hydroxyl groups excluding tert-OH is 1. The third-order valence-corrected chi connectivity index (χ3v) is 12.4. The molecule has 2 aliphatic carbocycles. The van der Waals surface area contributed by atoms with Crippen LogP contribution in [0.15, 0.2) is 84.9 Å². The highest BCUT2D eigenvalue weighted by Crippen LogP contribution is 2.39. The first-order chi connectivity index (χ1) is 15.7. The maximum Gasteiger partial charge on any atom is 0.116 e. The van der Waals surface area contributed by atoms with Crippen LogP contribution in [-0.4, -0.2) is 19.8 Å². The molecule has 0 saturated heterocycles. The molecule has 0 fully saturated rings. The summed E-state index contributed by atoms with van der Waals surface area (Å²) in [5, 5.41) is 12.9. The molecular formula is C30H28OSi. The van der Waals surface area contributed by atoms with E-state index in [-0.39, 0.29) is 6.61 Å². The van der Waals surface area contributed by atoms with E-state index in [1.165, 1.54) is 44.5 Å². The van der Waals surface area contributed by atoms with Crippen molar-refractivity contribution >= 4 is 18.4 Å². The van der Waals surface area contributed by atoms with E-state index < -0.39 is 8.07 Å². The van der Waals surface area contributed by atoms with Crippen molar-refractivity contribution in [1.82, 2.24) is 0 Å². The van der Waals surface area contributed by atoms with Gasteiger partial charge in [-0.15, -0.1) is 0 Å². The van der Waals surface area contributed by atoms with Crippen molar-refractivity contribution in [3.8, 4) is 22.3 Å². The van der Waals surface area contributed by atoms with E-state index in [1.807, 2.05) is 0 Å². The Morgan fingerprint density at radius 2 is 1.09 bits per heavy atom. The molecule has 0 aromatic heterocycles. The first-order valence-corrected chi connectivity index (χ1v) is 14.4. The van der Waals surface area contributed by atoms with Crippen molar-refractivity contribution < 1.29 is 5.11 Å². The molecule has 1 nitrogen and oxygen atoms in total. The smallest absolute Gasteiger partial charge is 0.116 e. The van der Waals surface area contributed by atoms with Gasteiger partial charge in [0, 0.05) is 6.61 Å². The minimum Gasteiger partial charge on any atom is -0.396 e. The monoisotopic (exact) mass is 432 g/mol. The second-order valence-corrected chi connectivity index (χ2v) is 13.7. The summed E-state index contributed by atoms with van der Waals surface area (Å²) in [6, 6.07) is 32.7. The Morgan fingerprint density at radius 1 is 0.625 bits per heavy atom. The van der Waals surface area contributed by atoms with Gasteiger partial charge in [0.2, 0.25) is 0 Å². The molecule has 0 saturated carbocycles. The van der Waals surface area contributed by atoms with Gasteiger partial charge in [-0.3, -0.25) is 0 Å². The fourth-order valence-corrected chi connectivity index (χ4v) is 10.6. The Labute approximate surface area is 191 Å². The van der Waals surface area contributed by atoms with Gasteiger partial charge in [0.1, 0.15) is 8.07 Å². The van der Waals surface area contributed by atoms with E-state index in [2.05, 4.69) is 91.5 Å². The molecule has 6 rings (SSSR count). The van der Waals surface area contributed by atoms with Crippen molar-refractivity contribution in [3.63, 3.8) is 0 Å². The summed E-state index contributed by atoms with van der Waals surface area (Å²) in [6.07, 6.45) is 2.91. The Balaban J connectivity index is 1.55. The van der Waals surface area contributed by atoms with Crippen molar-refractivity contribution in [3.05, 3.63) is 107 Å². The zero-order valence-electron chi connectivity index (χ0n) is 18.6. The largest absolute Gasteiger partial charge is 0.396 e. The molecule has 2 heteroatoms. The molecule has 158 valence electrons. The predicted molar refractivity (Wildman–Crippen MR) is 137 cm³/mol. The Hall–Kier alpha value is -2.94. The lowest BCUT2D eigenvalue weighted by Crippen LogP contribution is -2.58. The molecule has 0 heterocycles. The molecule has 0 spiro atoms. The zero-order valence-corrected chi connectivity index (χ0v) is 19.6. The van der Waals surface area contributed by atoms with E-state index in [9.17, 15) is 5.11 Å². The Morgan fingerprint density at radius 3 is 1.59 bits per heavy atom. The van der Waals surface area contributed by atoms with Crippen LogP contribution in [0.1, 0.15) is 28.7 Å². The number of fused-ring (bicyclic) bond motifs is 6. The molecular weight excluding hydrogens is 404 g/mol. The highest BCUT2D eigenvalue weighted by atomic mass is 28.3. The number of aliphatic hydroxyl groups is 1. The summed E-state index contributed by atoms with van der Waals surface area (Å²) in [7, 11) is -2.07. The molecule has 0 aliphatic heterocycles. The molecule has 4 aromatic carbocycles. The van der Waals surface area contributed by atoms with Crippen LogP contribution in [0.2, 0.25) is 12.6 Å². The minimum atomic E-state index is -2.07. The van der Waals surface area contributed by atoms with Gasteiger partial charge < -0.3 is 5.11 Å². The Bertz CT molecular complexity index is 1240. The highest BCUT2D eigenvalue weighted by Gasteiger charge is 2.38. The second kappa shape index (κ2) is 7.58. The average Bonchev–Trinajstić information content (AvgIpc) is 3.40. The van der Waals surface area contributed by atoms with E-state index in [4.69, 9.17) is 0 Å². The van der Waals surface area contributed by atoms with Crippen LogP contribution in [0.4, 0.5) is 0 Å². The summed E-state index contributed by atoms with van der Waals surface area (Å²) in [5.41, 5.74) is 11.6. The van der Waals surface area contributed by atoms with E-state index in [0.29, 0.717) is 0 Å². The standard InChI is InChI=1S/C30H28OSi/c1-32(18-8-17-31,29-15-6-13-25-23-11-4-2-9-21(23)19-27(25)29)30-16-7-14-26-24-12-5-3-10-22(24)20-28(26)30/h2-7,9-16,31H,8,17-20H2,1H3. The molecule has 32 heavy (non-hydrogen) atoms. The normalized spacial score (nSPS) is 13.4. The first kappa shape index (κ1) is 19.7. The molecule has 0 unspecified atom stereocenters. The average molecular weight is 433 g/mol. The van der Waals surface area contributed by atoms with E-state index in [0.717, 1.165) is 25.3 Å². The third-order valence-electron chi connectivity index (χ3n) is 7.73. The lowest BCUT2D eigenvalue weighted by Gasteiger charge is -2.33. The molecule has 4 aromatic rings. The van der Waals surface area contributed by atoms with Gasteiger partial charge in [0.05, 0.1) is 0 Å². The summed E-state index contributed by atoms with van der Waals surface area (Å²) in [5.74, 6) is 0. The van der Waals surface area contributed by atoms with Crippen molar-refractivity contribution in [2.24, 2.45) is 0 Å². The fraction of sp³-hybridized carbons (Fsp3) is 0.200. The summed E-state index contributed by atoms with van der Waals surface area (Å²) < 4.78 is 0. The SMILES string of the molecule is C[Si](CCCO)(c1cccc2c1Cc1ccccc1-2)c1cccc2c1Cc1ccccc1-2. The lowest BCUT2D eigenvalue weighted by molar-refractivity contribution is 0.294. The van der Waals surface area contributed by atoms with Gasteiger partial charge >= 0.3 is 0 Å². The van der Waals surface area contributed by atoms with Crippen molar-refractivity contribution in [2.75, 3.05) is 6.61 Å². The highest BCUT2D eigenvalue weighted by molar-refractivity contribution is 7.02. The zero-order chi connectivity index (χ0) is 21.7. The van der Waals surface area contributed by atoms with Gasteiger partial charge in [-0.25, -0.2) is 0 Å². The fourth-order valence-electron chi connectivity index (χ4n) is 6.20. The summed E-state index contributed by atoms with van der Waals surface area (Å²) in [4.78, 5) is 0. The topological polar surface area (TPSA) is 20.2 Å². The van der Waals surface area contributed by atoms with Crippen molar-refractivity contribution in [2.45, 2.75) is 31.9 Å². The third kappa shape index (κ3) is 2.87. The summed E-state index contributed by atoms with van der Waals surface area (Å²) in [6.45, 7) is 2.80. The van der Waals surface area contributed by atoms with E-state index >= 15 is 0 Å². The van der Waals surface area contributed by atoms with Crippen LogP contribution in [0.25, 0.3) is 22.3 Å². The molecule has 2 aliphatic rings. The van der Waals surface area contributed by atoms with Gasteiger partial charge in [0.25, 0.3) is 0 Å². The second-order valence-electron chi connectivity index (χ2n) is 9.49. The van der Waals surface area contributed by atoms with Crippen LogP contribution in [-0.2, 0) is 12.8 Å². The van der Waals surface area contributed by atoms with Gasteiger partial charge in [0.15, 0.2) is 0 Å².